The van der Waals surface area contributed by atoms with Crippen LogP contribution in [0.1, 0.15) is 28.9 Å². The lowest BCUT2D eigenvalue weighted by atomic mass is 10.1. The van der Waals surface area contributed by atoms with E-state index in [4.69, 9.17) is 0 Å². The molecule has 0 aliphatic heterocycles. The van der Waals surface area contributed by atoms with Crippen molar-refractivity contribution in [2.45, 2.75) is 33.7 Å². The third kappa shape index (κ3) is 3.79. The minimum absolute atomic E-state index is 0.141. The molecule has 1 N–H and O–H groups in total. The van der Waals surface area contributed by atoms with Crippen LogP contribution in [-0.4, -0.2) is 41.2 Å². The topological polar surface area (TPSA) is 50.2 Å². The second-order valence-corrected chi connectivity index (χ2v) is 5.95. The molecule has 1 amide bonds. The number of hydrogen-bond acceptors (Lipinski definition) is 3. The highest BCUT2D eigenvalue weighted by molar-refractivity contribution is 5.76. The average Bonchev–Trinajstić information content (AvgIpc) is 2.81. The lowest BCUT2D eigenvalue weighted by Gasteiger charge is -2.17. The number of para-hydroxylation sites is 1. The Hall–Kier alpha value is -2.14. The van der Waals surface area contributed by atoms with Gasteiger partial charge in [-0.3, -0.25) is 4.79 Å². The number of rotatable bonds is 6. The Balaban J connectivity index is 2.25. The maximum Gasteiger partial charge on any atom is 0.223 e. The summed E-state index contributed by atoms with van der Waals surface area (Å²) < 4.78 is 1.98. The number of aryl methyl sites for hydroxylation is 2. The van der Waals surface area contributed by atoms with Crippen molar-refractivity contribution in [3.8, 4) is 5.69 Å². The normalized spacial score (nSPS) is 10.8. The van der Waals surface area contributed by atoms with E-state index in [1.165, 1.54) is 5.56 Å². The van der Waals surface area contributed by atoms with E-state index >= 15 is 0 Å². The average molecular weight is 314 g/mol. The van der Waals surface area contributed by atoms with Crippen LogP contribution in [0.2, 0.25) is 0 Å². The van der Waals surface area contributed by atoms with Crippen LogP contribution in [0.25, 0.3) is 5.69 Å². The molecule has 0 bridgehead atoms. The van der Waals surface area contributed by atoms with E-state index < -0.39 is 0 Å². The van der Waals surface area contributed by atoms with Gasteiger partial charge in [0.25, 0.3) is 0 Å². The second-order valence-electron chi connectivity index (χ2n) is 5.95. The number of carbonyl (C=O) groups excluding carboxylic acids is 1. The molecule has 0 spiro atoms. The quantitative estimate of drug-likeness (QED) is 0.890. The summed E-state index contributed by atoms with van der Waals surface area (Å²) in [4.78, 5) is 13.9. The first-order chi connectivity index (χ1) is 11.0. The van der Waals surface area contributed by atoms with Crippen molar-refractivity contribution in [1.29, 1.82) is 0 Å². The van der Waals surface area contributed by atoms with Crippen LogP contribution in [0.5, 0.6) is 0 Å². The smallest absolute Gasteiger partial charge is 0.223 e. The monoisotopic (exact) mass is 314 g/mol. The Labute approximate surface area is 138 Å². The first kappa shape index (κ1) is 17.2. The van der Waals surface area contributed by atoms with E-state index in [0.29, 0.717) is 19.5 Å². The predicted octanol–water partition coefficient (Wildman–Crippen LogP) is 2.37. The summed E-state index contributed by atoms with van der Waals surface area (Å²) in [5.74, 6) is 0.141. The van der Waals surface area contributed by atoms with Crippen LogP contribution in [0.15, 0.2) is 24.3 Å². The summed E-state index contributed by atoms with van der Waals surface area (Å²) >= 11 is 0. The summed E-state index contributed by atoms with van der Waals surface area (Å²) in [6.45, 7) is 7.44. The lowest BCUT2D eigenvalue weighted by Crippen LogP contribution is -2.29. The van der Waals surface area contributed by atoms with Gasteiger partial charge in [-0.05, 0) is 39.4 Å². The third-order valence-electron chi connectivity index (χ3n) is 4.19. The summed E-state index contributed by atoms with van der Waals surface area (Å²) in [5, 5.41) is 7.69. The molecular weight excluding hydrogens is 288 g/mol. The van der Waals surface area contributed by atoms with Gasteiger partial charge < -0.3 is 10.2 Å². The Morgan fingerprint density at radius 2 is 1.96 bits per heavy atom. The van der Waals surface area contributed by atoms with Crippen molar-refractivity contribution >= 4 is 5.91 Å². The third-order valence-corrected chi connectivity index (χ3v) is 4.19. The fourth-order valence-corrected chi connectivity index (χ4v) is 2.69. The van der Waals surface area contributed by atoms with Crippen molar-refractivity contribution in [2.75, 3.05) is 20.6 Å². The zero-order chi connectivity index (χ0) is 17.0. The lowest BCUT2D eigenvalue weighted by molar-refractivity contribution is -0.130. The highest BCUT2D eigenvalue weighted by Gasteiger charge is 2.17. The molecule has 5 nitrogen and oxygen atoms in total. The maximum absolute atomic E-state index is 12.1. The molecule has 2 aromatic rings. The van der Waals surface area contributed by atoms with Crippen molar-refractivity contribution in [2.24, 2.45) is 0 Å². The largest absolute Gasteiger partial charge is 0.341 e. The molecule has 1 aromatic carbocycles. The summed E-state index contributed by atoms with van der Waals surface area (Å²) in [5.41, 5.74) is 5.45. The number of carbonyl (C=O) groups is 1. The van der Waals surface area contributed by atoms with Gasteiger partial charge in [0.05, 0.1) is 11.4 Å². The number of aromatic nitrogens is 2. The number of amides is 1. The number of nitrogens with one attached hydrogen (secondary N) is 1. The highest BCUT2D eigenvalue weighted by atomic mass is 16.2. The van der Waals surface area contributed by atoms with Crippen LogP contribution >= 0.6 is 0 Å². The van der Waals surface area contributed by atoms with E-state index in [1.54, 1.807) is 4.90 Å². The summed E-state index contributed by atoms with van der Waals surface area (Å²) in [7, 11) is 3.70. The van der Waals surface area contributed by atoms with E-state index in [9.17, 15) is 4.79 Å². The van der Waals surface area contributed by atoms with E-state index in [2.05, 4.69) is 36.4 Å². The van der Waals surface area contributed by atoms with Gasteiger partial charge in [0.1, 0.15) is 0 Å². The molecule has 0 unspecified atom stereocenters. The molecule has 0 saturated heterocycles. The zero-order valence-corrected chi connectivity index (χ0v) is 14.7. The van der Waals surface area contributed by atoms with Crippen LogP contribution in [0, 0.1) is 20.8 Å². The van der Waals surface area contributed by atoms with Gasteiger partial charge in [0.15, 0.2) is 0 Å². The van der Waals surface area contributed by atoms with Gasteiger partial charge >= 0.3 is 0 Å². The fourth-order valence-electron chi connectivity index (χ4n) is 2.69. The van der Waals surface area contributed by atoms with Gasteiger partial charge in [-0.2, -0.15) is 5.10 Å². The predicted molar refractivity (Wildman–Crippen MR) is 92.8 cm³/mol. The number of benzene rings is 1. The molecule has 0 fully saturated rings. The van der Waals surface area contributed by atoms with Crippen LogP contribution < -0.4 is 5.32 Å². The summed E-state index contributed by atoms with van der Waals surface area (Å²) in [6.07, 6.45) is 0.511. The molecule has 0 atom stereocenters. The Morgan fingerprint density at radius 3 is 2.61 bits per heavy atom. The molecule has 5 heteroatoms. The molecule has 0 aliphatic carbocycles. The van der Waals surface area contributed by atoms with E-state index in [1.807, 2.05) is 37.8 Å². The van der Waals surface area contributed by atoms with Gasteiger partial charge in [-0.25, -0.2) is 4.68 Å². The second kappa shape index (κ2) is 7.42. The van der Waals surface area contributed by atoms with Crippen molar-refractivity contribution in [3.63, 3.8) is 0 Å². The first-order valence-corrected chi connectivity index (χ1v) is 7.95. The zero-order valence-electron chi connectivity index (χ0n) is 14.7. The first-order valence-electron chi connectivity index (χ1n) is 7.95. The van der Waals surface area contributed by atoms with Crippen LogP contribution in [0.4, 0.5) is 0 Å². The molecule has 0 aliphatic rings. The highest BCUT2D eigenvalue weighted by Crippen LogP contribution is 2.21. The number of hydrogen-bond donors (Lipinski definition) is 1. The van der Waals surface area contributed by atoms with E-state index in [0.717, 1.165) is 22.6 Å². The van der Waals surface area contributed by atoms with Gasteiger partial charge in [-0.15, -0.1) is 0 Å². The van der Waals surface area contributed by atoms with Crippen LogP contribution in [-0.2, 0) is 11.3 Å². The van der Waals surface area contributed by atoms with Gasteiger partial charge in [0, 0.05) is 37.8 Å². The SMILES string of the molecule is CNCCC(=O)N(C)Cc1c(C)nn(-c2ccccc2C)c1C. The van der Waals surface area contributed by atoms with Crippen LogP contribution in [0.3, 0.4) is 0 Å². The molecule has 2 rings (SSSR count). The Morgan fingerprint density at radius 1 is 1.26 bits per heavy atom. The molecule has 1 aromatic heterocycles. The summed E-state index contributed by atoms with van der Waals surface area (Å²) in [6, 6.07) is 8.20. The fraction of sp³-hybridized carbons (Fsp3) is 0.444. The standard InChI is InChI=1S/C18H26N4O/c1-13-8-6-7-9-17(13)22-15(3)16(14(2)20-22)12-21(5)18(23)10-11-19-4/h6-9,19H,10-12H2,1-5H3. The Kier molecular flexibility index (Phi) is 5.55. The van der Waals surface area contributed by atoms with Crippen molar-refractivity contribution < 1.29 is 4.79 Å². The molecular formula is C18H26N4O. The van der Waals surface area contributed by atoms with E-state index in [-0.39, 0.29) is 5.91 Å². The van der Waals surface area contributed by atoms with Crippen molar-refractivity contribution in [3.05, 3.63) is 46.8 Å². The molecule has 0 saturated carbocycles. The minimum atomic E-state index is 0.141. The van der Waals surface area contributed by atoms with Crippen molar-refractivity contribution in [1.82, 2.24) is 20.0 Å². The van der Waals surface area contributed by atoms with Gasteiger partial charge in [0.2, 0.25) is 5.91 Å². The van der Waals surface area contributed by atoms with Gasteiger partial charge in [-0.1, -0.05) is 18.2 Å². The molecule has 1 heterocycles. The molecule has 0 radical (unpaired) electrons. The molecule has 124 valence electrons. The minimum Gasteiger partial charge on any atom is -0.341 e. The molecule has 23 heavy (non-hydrogen) atoms. The Bertz CT molecular complexity index is 690. The maximum atomic E-state index is 12.1. The number of nitrogens with zero attached hydrogens (tertiary/aromatic N) is 3.